The van der Waals surface area contributed by atoms with Crippen molar-refractivity contribution in [2.45, 2.75) is 23.9 Å². The number of aryl methyl sites for hydroxylation is 1. The summed E-state index contributed by atoms with van der Waals surface area (Å²) in [6.45, 7) is 1.56. The zero-order chi connectivity index (χ0) is 15.8. The molecule has 0 bridgehead atoms. The minimum atomic E-state index is -0.322. The molecule has 0 amide bonds. The molecule has 0 unspecified atom stereocenters. The molecule has 0 radical (unpaired) electrons. The molecule has 0 aliphatic rings. The molecule has 7 heteroatoms. The predicted octanol–water partition coefficient (Wildman–Crippen LogP) is 2.39. The Hall–Kier alpha value is -1.86. The van der Waals surface area contributed by atoms with E-state index in [0.717, 1.165) is 36.0 Å². The fourth-order valence-electron chi connectivity index (χ4n) is 1.89. The largest absolute Gasteiger partial charge is 0.465 e. The molecule has 0 fully saturated rings. The van der Waals surface area contributed by atoms with Gasteiger partial charge in [0.15, 0.2) is 5.16 Å². The van der Waals surface area contributed by atoms with Gasteiger partial charge in [-0.25, -0.2) is 4.79 Å². The van der Waals surface area contributed by atoms with Crippen molar-refractivity contribution in [2.24, 2.45) is 0 Å². The second-order valence-electron chi connectivity index (χ2n) is 4.63. The van der Waals surface area contributed by atoms with Gasteiger partial charge >= 0.3 is 5.97 Å². The van der Waals surface area contributed by atoms with Crippen LogP contribution in [0.25, 0.3) is 0 Å². The van der Waals surface area contributed by atoms with Crippen molar-refractivity contribution in [1.82, 2.24) is 14.8 Å². The Morgan fingerprint density at radius 3 is 2.73 bits per heavy atom. The van der Waals surface area contributed by atoms with Gasteiger partial charge in [0.05, 0.1) is 12.7 Å². The highest BCUT2D eigenvalue weighted by Crippen LogP contribution is 2.21. The molecule has 1 aromatic carbocycles. The van der Waals surface area contributed by atoms with Gasteiger partial charge in [-0.1, -0.05) is 23.9 Å². The minimum Gasteiger partial charge on any atom is -0.465 e. The zero-order valence-electron chi connectivity index (χ0n) is 12.7. The van der Waals surface area contributed by atoms with Crippen LogP contribution >= 0.6 is 11.8 Å². The van der Waals surface area contributed by atoms with Gasteiger partial charge in [0.1, 0.15) is 6.33 Å². The number of thioether (sulfide) groups is 1. The van der Waals surface area contributed by atoms with Gasteiger partial charge < -0.3 is 14.0 Å². The number of benzene rings is 1. The first-order chi connectivity index (χ1) is 10.7. The summed E-state index contributed by atoms with van der Waals surface area (Å²) >= 11 is 1.62. The summed E-state index contributed by atoms with van der Waals surface area (Å²) in [5.74, 6) is 0.446. The molecule has 6 nitrogen and oxygen atoms in total. The lowest BCUT2D eigenvalue weighted by Gasteiger charge is -2.06. The average Bonchev–Trinajstić information content (AvgIpc) is 3.00. The van der Waals surface area contributed by atoms with Crippen LogP contribution < -0.4 is 0 Å². The molecule has 0 spiro atoms. The third-order valence-corrected chi connectivity index (χ3v) is 4.12. The molecule has 0 saturated heterocycles. The van der Waals surface area contributed by atoms with E-state index in [4.69, 9.17) is 4.74 Å². The zero-order valence-corrected chi connectivity index (χ0v) is 13.5. The van der Waals surface area contributed by atoms with E-state index >= 15 is 0 Å². The summed E-state index contributed by atoms with van der Waals surface area (Å²) in [7, 11) is 3.07. The van der Waals surface area contributed by atoms with Gasteiger partial charge in [-0.3, -0.25) is 0 Å². The Labute approximate surface area is 133 Å². The van der Waals surface area contributed by atoms with Gasteiger partial charge in [-0.15, -0.1) is 10.2 Å². The maximum atomic E-state index is 11.4. The van der Waals surface area contributed by atoms with Crippen molar-refractivity contribution < 1.29 is 14.3 Å². The lowest BCUT2D eigenvalue weighted by molar-refractivity contribution is 0.0600. The molecule has 1 heterocycles. The fraction of sp³-hybridized carbons (Fsp3) is 0.400. The molecule has 22 heavy (non-hydrogen) atoms. The van der Waals surface area contributed by atoms with Crippen LogP contribution in [0.5, 0.6) is 0 Å². The maximum absolute atomic E-state index is 11.4. The predicted molar refractivity (Wildman–Crippen MR) is 83.9 cm³/mol. The number of methoxy groups -OCH3 is 2. The Balaban J connectivity index is 1.90. The molecule has 1 aromatic heterocycles. The summed E-state index contributed by atoms with van der Waals surface area (Å²) in [5, 5.41) is 8.96. The molecule has 2 rings (SSSR count). The number of aromatic nitrogens is 3. The van der Waals surface area contributed by atoms with Gasteiger partial charge in [0.2, 0.25) is 0 Å². The normalized spacial score (nSPS) is 10.6. The molecule has 0 aliphatic carbocycles. The van der Waals surface area contributed by atoms with E-state index in [-0.39, 0.29) is 5.97 Å². The van der Waals surface area contributed by atoms with Crippen molar-refractivity contribution in [3.63, 3.8) is 0 Å². The monoisotopic (exact) mass is 321 g/mol. The second kappa shape index (κ2) is 8.55. The Morgan fingerprint density at radius 1 is 1.27 bits per heavy atom. The van der Waals surface area contributed by atoms with Gasteiger partial charge in [0.25, 0.3) is 0 Å². The molecular weight excluding hydrogens is 302 g/mol. The lowest BCUT2D eigenvalue weighted by atomic mass is 10.1. The summed E-state index contributed by atoms with van der Waals surface area (Å²) in [6.07, 6.45) is 2.66. The fourth-order valence-corrected chi connectivity index (χ4v) is 2.79. The van der Waals surface area contributed by atoms with E-state index in [9.17, 15) is 4.79 Å². The van der Waals surface area contributed by atoms with Crippen LogP contribution in [-0.4, -0.2) is 41.6 Å². The number of ether oxygens (including phenoxy) is 2. The highest BCUT2D eigenvalue weighted by molar-refractivity contribution is 7.98. The Bertz CT molecular complexity index is 598. The van der Waals surface area contributed by atoms with Crippen molar-refractivity contribution in [2.75, 3.05) is 20.8 Å². The average molecular weight is 321 g/mol. The maximum Gasteiger partial charge on any atom is 0.337 e. The molecule has 0 atom stereocenters. The third-order valence-electron chi connectivity index (χ3n) is 3.07. The third kappa shape index (κ3) is 4.57. The topological polar surface area (TPSA) is 66.2 Å². The van der Waals surface area contributed by atoms with E-state index in [0.29, 0.717) is 5.56 Å². The summed E-state index contributed by atoms with van der Waals surface area (Å²) in [6, 6.07) is 7.38. The van der Waals surface area contributed by atoms with Crippen LogP contribution in [0.3, 0.4) is 0 Å². The van der Waals surface area contributed by atoms with Crippen LogP contribution in [0.15, 0.2) is 35.7 Å². The number of nitrogens with zero attached hydrogens (tertiary/aromatic N) is 3. The summed E-state index contributed by atoms with van der Waals surface area (Å²) in [4.78, 5) is 11.4. The van der Waals surface area contributed by atoms with Crippen LogP contribution in [0, 0.1) is 0 Å². The lowest BCUT2D eigenvalue weighted by Crippen LogP contribution is -2.02. The van der Waals surface area contributed by atoms with Crippen LogP contribution in [0.4, 0.5) is 0 Å². The highest BCUT2D eigenvalue weighted by Gasteiger charge is 2.07. The molecule has 0 aliphatic heterocycles. The number of hydrogen-bond donors (Lipinski definition) is 0. The van der Waals surface area contributed by atoms with Crippen molar-refractivity contribution in [3.05, 3.63) is 41.7 Å². The van der Waals surface area contributed by atoms with Crippen LogP contribution in [0.2, 0.25) is 0 Å². The number of carbonyl (C=O) groups is 1. The van der Waals surface area contributed by atoms with E-state index in [2.05, 4.69) is 14.9 Å². The van der Waals surface area contributed by atoms with Crippen molar-refractivity contribution in [1.29, 1.82) is 0 Å². The van der Waals surface area contributed by atoms with Gasteiger partial charge in [-0.2, -0.15) is 0 Å². The number of esters is 1. The van der Waals surface area contributed by atoms with Gasteiger partial charge in [-0.05, 0) is 24.1 Å². The van der Waals surface area contributed by atoms with E-state index in [1.54, 1.807) is 37.3 Å². The minimum absolute atomic E-state index is 0.322. The van der Waals surface area contributed by atoms with Crippen LogP contribution in [-0.2, 0) is 21.8 Å². The molecule has 0 saturated carbocycles. The Morgan fingerprint density at radius 2 is 2.05 bits per heavy atom. The standard InChI is InChI=1S/C15H19N3O3S/c1-20-9-3-8-18-11-16-17-15(18)22-10-12-4-6-13(7-5-12)14(19)21-2/h4-7,11H,3,8-10H2,1-2H3. The van der Waals surface area contributed by atoms with E-state index in [1.165, 1.54) is 7.11 Å². The number of rotatable bonds is 8. The van der Waals surface area contributed by atoms with Gasteiger partial charge in [0, 0.05) is 26.0 Å². The second-order valence-corrected chi connectivity index (χ2v) is 5.57. The molecule has 118 valence electrons. The van der Waals surface area contributed by atoms with Crippen LogP contribution in [0.1, 0.15) is 22.3 Å². The number of hydrogen-bond acceptors (Lipinski definition) is 6. The SMILES string of the molecule is COCCCn1cnnc1SCc1ccc(C(=O)OC)cc1. The number of carbonyl (C=O) groups excluding carboxylic acids is 1. The first-order valence-electron chi connectivity index (χ1n) is 6.91. The van der Waals surface area contributed by atoms with Crippen molar-refractivity contribution in [3.8, 4) is 0 Å². The molecule has 2 aromatic rings. The highest BCUT2D eigenvalue weighted by atomic mass is 32.2. The summed E-state index contributed by atoms with van der Waals surface area (Å²) < 4.78 is 11.8. The van der Waals surface area contributed by atoms with Crippen molar-refractivity contribution >= 4 is 17.7 Å². The first kappa shape index (κ1) is 16.5. The smallest absolute Gasteiger partial charge is 0.337 e. The quantitative estimate of drug-likeness (QED) is 0.422. The Kier molecular flexibility index (Phi) is 6.42. The molecular formula is C15H19N3O3S. The summed E-state index contributed by atoms with van der Waals surface area (Å²) in [5.41, 5.74) is 1.67. The first-order valence-corrected chi connectivity index (χ1v) is 7.90. The molecule has 0 N–H and O–H groups in total. The van der Waals surface area contributed by atoms with E-state index in [1.807, 2.05) is 16.7 Å². The van der Waals surface area contributed by atoms with E-state index < -0.39 is 0 Å².